The summed E-state index contributed by atoms with van der Waals surface area (Å²) >= 11 is 0. The molecule has 1 aliphatic carbocycles. The molecule has 1 amide bonds. The van der Waals surface area contributed by atoms with E-state index in [2.05, 4.69) is 10.2 Å². The number of carbonyl (C=O) groups excluding carboxylic acids is 1. The van der Waals surface area contributed by atoms with E-state index in [9.17, 15) is 4.79 Å². The number of benzene rings is 1. The summed E-state index contributed by atoms with van der Waals surface area (Å²) in [5.41, 5.74) is 1.95. The average Bonchev–Trinajstić information content (AvgIpc) is 3.18. The van der Waals surface area contributed by atoms with Crippen molar-refractivity contribution in [2.75, 3.05) is 26.4 Å². The van der Waals surface area contributed by atoms with Gasteiger partial charge in [-0.1, -0.05) is 0 Å². The van der Waals surface area contributed by atoms with Crippen LogP contribution < -0.4 is 14.8 Å². The summed E-state index contributed by atoms with van der Waals surface area (Å²) in [7, 11) is 0. The van der Waals surface area contributed by atoms with Gasteiger partial charge < -0.3 is 19.7 Å². The average molecular weight is 351 g/mol. The second kappa shape index (κ2) is 5.81. The third-order valence-electron chi connectivity index (χ3n) is 5.95. The smallest absolute Gasteiger partial charge is 0.255 e. The van der Waals surface area contributed by atoms with Crippen molar-refractivity contribution in [2.24, 2.45) is 5.92 Å². The molecule has 130 valence electrons. The minimum absolute atomic E-state index is 0. The minimum atomic E-state index is -0.0414. The Kier molecular flexibility index (Phi) is 3.88. The SMILES string of the molecule is Cl.O=C1c2cc3c(cc2C2(CC2)N1CCC1CCNCC1)OCO3. The molecule has 5 rings (SSSR count). The van der Waals surface area contributed by atoms with Crippen molar-refractivity contribution in [3.05, 3.63) is 23.3 Å². The normalized spacial score (nSPS) is 23.3. The molecule has 3 aliphatic heterocycles. The molecule has 0 unspecified atom stereocenters. The third kappa shape index (κ3) is 2.29. The molecule has 5 nitrogen and oxygen atoms in total. The first-order valence-electron chi connectivity index (χ1n) is 8.75. The summed E-state index contributed by atoms with van der Waals surface area (Å²) in [5.74, 6) is 2.45. The monoisotopic (exact) mass is 350 g/mol. The number of ether oxygens (including phenoxy) is 2. The van der Waals surface area contributed by atoms with Crippen molar-refractivity contribution < 1.29 is 14.3 Å². The van der Waals surface area contributed by atoms with Gasteiger partial charge in [-0.15, -0.1) is 12.4 Å². The fraction of sp³-hybridized carbons (Fsp3) is 0.611. The Bertz CT molecular complexity index is 668. The number of rotatable bonds is 3. The van der Waals surface area contributed by atoms with Crippen LogP contribution in [-0.2, 0) is 5.54 Å². The highest BCUT2D eigenvalue weighted by molar-refractivity contribution is 6.01. The molecule has 0 aromatic heterocycles. The number of fused-ring (bicyclic) bond motifs is 3. The highest BCUT2D eigenvalue weighted by Crippen LogP contribution is 2.58. The van der Waals surface area contributed by atoms with E-state index < -0.39 is 0 Å². The first-order chi connectivity index (χ1) is 11.3. The number of halogens is 1. The van der Waals surface area contributed by atoms with E-state index in [-0.39, 0.29) is 30.6 Å². The van der Waals surface area contributed by atoms with E-state index in [1.807, 2.05) is 12.1 Å². The molecular weight excluding hydrogens is 328 g/mol. The maximum absolute atomic E-state index is 12.9. The molecule has 1 spiro atoms. The Hall–Kier alpha value is -1.46. The zero-order valence-electron chi connectivity index (χ0n) is 13.7. The molecule has 1 saturated heterocycles. The molecule has 4 aliphatic rings. The molecule has 6 heteroatoms. The molecule has 3 heterocycles. The third-order valence-corrected chi connectivity index (χ3v) is 5.95. The number of hydrogen-bond acceptors (Lipinski definition) is 4. The lowest BCUT2D eigenvalue weighted by molar-refractivity contribution is 0.0682. The van der Waals surface area contributed by atoms with E-state index in [0.717, 1.165) is 61.7 Å². The highest BCUT2D eigenvalue weighted by Gasteiger charge is 2.58. The van der Waals surface area contributed by atoms with Crippen LogP contribution in [0.2, 0.25) is 0 Å². The first-order valence-corrected chi connectivity index (χ1v) is 8.75. The van der Waals surface area contributed by atoms with Crippen LogP contribution in [-0.4, -0.2) is 37.2 Å². The number of nitrogens with zero attached hydrogens (tertiary/aromatic N) is 1. The van der Waals surface area contributed by atoms with Crippen molar-refractivity contribution in [1.29, 1.82) is 0 Å². The Morgan fingerprint density at radius 2 is 1.88 bits per heavy atom. The van der Waals surface area contributed by atoms with E-state index >= 15 is 0 Å². The molecule has 0 bridgehead atoms. The van der Waals surface area contributed by atoms with Gasteiger partial charge in [0.25, 0.3) is 5.91 Å². The predicted octanol–water partition coefficient (Wildman–Crippen LogP) is 2.67. The van der Waals surface area contributed by atoms with Crippen LogP contribution in [0.25, 0.3) is 0 Å². The van der Waals surface area contributed by atoms with Crippen molar-refractivity contribution in [2.45, 2.75) is 37.6 Å². The lowest BCUT2D eigenvalue weighted by Crippen LogP contribution is -2.36. The van der Waals surface area contributed by atoms with Gasteiger partial charge in [-0.2, -0.15) is 0 Å². The fourth-order valence-corrected chi connectivity index (χ4v) is 4.44. The molecular formula is C18H23ClN2O3. The summed E-state index contributed by atoms with van der Waals surface area (Å²) in [6, 6.07) is 3.94. The number of hydrogen-bond donors (Lipinski definition) is 1. The van der Waals surface area contributed by atoms with E-state index in [1.54, 1.807) is 0 Å². The molecule has 24 heavy (non-hydrogen) atoms. The van der Waals surface area contributed by atoms with Gasteiger partial charge in [0.1, 0.15) is 0 Å². The van der Waals surface area contributed by atoms with Crippen LogP contribution in [0.4, 0.5) is 0 Å². The Labute approximate surface area is 148 Å². The number of carbonyl (C=O) groups is 1. The van der Waals surface area contributed by atoms with Crippen LogP contribution in [0.3, 0.4) is 0 Å². The lowest BCUT2D eigenvalue weighted by Gasteiger charge is -2.29. The largest absolute Gasteiger partial charge is 0.454 e. The molecule has 1 N–H and O–H groups in total. The van der Waals surface area contributed by atoms with Gasteiger partial charge in [-0.05, 0) is 68.8 Å². The summed E-state index contributed by atoms with van der Waals surface area (Å²) in [6.45, 7) is 3.38. The van der Waals surface area contributed by atoms with Crippen LogP contribution in [0.5, 0.6) is 11.5 Å². The molecule has 2 fully saturated rings. The molecule has 1 aromatic rings. The van der Waals surface area contributed by atoms with Crippen LogP contribution in [0.15, 0.2) is 12.1 Å². The lowest BCUT2D eigenvalue weighted by atomic mass is 9.94. The zero-order valence-corrected chi connectivity index (χ0v) is 14.5. The summed E-state index contributed by atoms with van der Waals surface area (Å²) in [5, 5.41) is 3.41. The zero-order chi connectivity index (χ0) is 15.4. The minimum Gasteiger partial charge on any atom is -0.454 e. The first kappa shape index (κ1) is 16.0. The van der Waals surface area contributed by atoms with E-state index in [4.69, 9.17) is 9.47 Å². The van der Waals surface area contributed by atoms with Gasteiger partial charge in [-0.25, -0.2) is 0 Å². The van der Waals surface area contributed by atoms with E-state index in [1.165, 1.54) is 12.8 Å². The van der Waals surface area contributed by atoms with Gasteiger partial charge >= 0.3 is 0 Å². The van der Waals surface area contributed by atoms with Crippen molar-refractivity contribution in [3.8, 4) is 11.5 Å². The second-order valence-corrected chi connectivity index (χ2v) is 7.22. The van der Waals surface area contributed by atoms with Gasteiger partial charge in [0.05, 0.1) is 5.54 Å². The highest BCUT2D eigenvalue weighted by atomic mass is 35.5. The van der Waals surface area contributed by atoms with Crippen molar-refractivity contribution in [1.82, 2.24) is 10.2 Å². The van der Waals surface area contributed by atoms with Gasteiger partial charge in [0.15, 0.2) is 11.5 Å². The van der Waals surface area contributed by atoms with Gasteiger partial charge in [0, 0.05) is 12.1 Å². The second-order valence-electron chi connectivity index (χ2n) is 7.22. The summed E-state index contributed by atoms with van der Waals surface area (Å²) in [6.07, 6.45) is 5.75. The van der Waals surface area contributed by atoms with Crippen molar-refractivity contribution >= 4 is 18.3 Å². The Morgan fingerprint density at radius 1 is 1.17 bits per heavy atom. The van der Waals surface area contributed by atoms with Gasteiger partial charge in [-0.3, -0.25) is 4.79 Å². The number of amides is 1. The maximum atomic E-state index is 12.9. The van der Waals surface area contributed by atoms with Crippen LogP contribution >= 0.6 is 12.4 Å². The topological polar surface area (TPSA) is 50.8 Å². The molecule has 0 radical (unpaired) electrons. The predicted molar refractivity (Wildman–Crippen MR) is 92.0 cm³/mol. The van der Waals surface area contributed by atoms with Crippen LogP contribution in [0.1, 0.15) is 48.0 Å². The number of nitrogens with one attached hydrogen (secondary N) is 1. The van der Waals surface area contributed by atoms with E-state index in [0.29, 0.717) is 5.75 Å². The van der Waals surface area contributed by atoms with Crippen LogP contribution in [0, 0.1) is 5.92 Å². The summed E-state index contributed by atoms with van der Waals surface area (Å²) < 4.78 is 11.0. The fourth-order valence-electron chi connectivity index (χ4n) is 4.44. The molecule has 1 aromatic carbocycles. The van der Waals surface area contributed by atoms with Gasteiger partial charge in [0.2, 0.25) is 6.79 Å². The molecule has 1 saturated carbocycles. The Morgan fingerprint density at radius 3 is 2.58 bits per heavy atom. The Balaban J connectivity index is 0.00000146. The standard InChI is InChI=1S/C18H22N2O3.ClH/c21-17-13-9-15-16(23-11-22-15)10-14(13)18(4-5-18)20(17)8-3-12-1-6-19-7-2-12;/h9-10,12,19H,1-8,11H2;1H. The van der Waals surface area contributed by atoms with Crippen molar-refractivity contribution in [3.63, 3.8) is 0 Å². The quantitative estimate of drug-likeness (QED) is 0.910. The summed E-state index contributed by atoms with van der Waals surface area (Å²) in [4.78, 5) is 15.1. The number of piperidine rings is 1. The molecule has 0 atom stereocenters. The maximum Gasteiger partial charge on any atom is 0.255 e.